The molecule has 1 aliphatic heterocycles. The Morgan fingerprint density at radius 1 is 1.64 bits per heavy atom. The highest BCUT2D eigenvalue weighted by Crippen LogP contribution is 2.20. The van der Waals surface area contributed by atoms with Crippen molar-refractivity contribution in [3.05, 3.63) is 0 Å². The van der Waals surface area contributed by atoms with Crippen molar-refractivity contribution in [2.75, 3.05) is 13.2 Å². The van der Waals surface area contributed by atoms with Gasteiger partial charge in [0.2, 0.25) is 5.91 Å². The molecule has 1 fully saturated rings. The number of carbonyl (C=O) groups is 1. The second-order valence-corrected chi connectivity index (χ2v) is 3.62. The van der Waals surface area contributed by atoms with E-state index >= 15 is 0 Å². The van der Waals surface area contributed by atoms with Crippen molar-refractivity contribution in [1.29, 1.82) is 0 Å². The first-order chi connectivity index (χ1) is 6.66. The van der Waals surface area contributed by atoms with Crippen LogP contribution in [0.5, 0.6) is 0 Å². The van der Waals surface area contributed by atoms with E-state index in [1.54, 1.807) is 4.90 Å². The van der Waals surface area contributed by atoms with E-state index in [4.69, 9.17) is 4.74 Å². The molecule has 1 amide bonds. The summed E-state index contributed by atoms with van der Waals surface area (Å²) in [6.07, 6.45) is 2.08. The summed E-state index contributed by atoms with van der Waals surface area (Å²) in [6, 6.07) is -0.152. The van der Waals surface area contributed by atoms with Gasteiger partial charge in [-0.2, -0.15) is 0 Å². The van der Waals surface area contributed by atoms with E-state index in [0.29, 0.717) is 6.61 Å². The lowest BCUT2D eigenvalue weighted by Gasteiger charge is -2.37. The molecule has 0 spiro atoms. The van der Waals surface area contributed by atoms with Gasteiger partial charge in [-0.15, -0.1) is 0 Å². The molecule has 0 radical (unpaired) electrons. The van der Waals surface area contributed by atoms with E-state index in [0.717, 1.165) is 25.8 Å². The van der Waals surface area contributed by atoms with E-state index in [1.807, 2.05) is 6.92 Å². The molecule has 0 aromatic rings. The first-order valence-corrected chi connectivity index (χ1v) is 5.23. The number of rotatable bonds is 3. The Labute approximate surface area is 84.8 Å². The summed E-state index contributed by atoms with van der Waals surface area (Å²) >= 11 is 0. The zero-order chi connectivity index (χ0) is 10.6. The molecule has 0 aromatic heterocycles. The number of piperidine rings is 1. The molecule has 2 unspecified atom stereocenters. The van der Waals surface area contributed by atoms with Crippen molar-refractivity contribution in [3.8, 4) is 0 Å². The Morgan fingerprint density at radius 2 is 2.36 bits per heavy atom. The zero-order valence-corrected chi connectivity index (χ0v) is 8.90. The summed E-state index contributed by atoms with van der Waals surface area (Å²) in [4.78, 5) is 13.0. The van der Waals surface area contributed by atoms with Gasteiger partial charge in [0, 0.05) is 20.1 Å². The Bertz CT molecular complexity index is 196. The lowest BCUT2D eigenvalue weighted by Crippen LogP contribution is -2.49. The number of likely N-dealkylation sites (tertiary alicyclic amines) is 1. The van der Waals surface area contributed by atoms with E-state index in [-0.39, 0.29) is 11.9 Å². The third kappa shape index (κ3) is 2.69. The van der Waals surface area contributed by atoms with E-state index in [1.165, 1.54) is 6.92 Å². The van der Waals surface area contributed by atoms with Crippen LogP contribution in [0.25, 0.3) is 0 Å². The molecule has 1 saturated heterocycles. The Morgan fingerprint density at radius 3 is 2.93 bits per heavy atom. The van der Waals surface area contributed by atoms with Crippen LogP contribution in [0.4, 0.5) is 0 Å². The second kappa shape index (κ2) is 5.32. The van der Waals surface area contributed by atoms with Gasteiger partial charge >= 0.3 is 0 Å². The van der Waals surface area contributed by atoms with Gasteiger partial charge in [-0.1, -0.05) is 0 Å². The molecule has 4 heteroatoms. The number of carbonyl (C=O) groups excluding carboxylic acids is 1. The zero-order valence-electron chi connectivity index (χ0n) is 8.90. The minimum Gasteiger partial charge on any atom is -0.366 e. The molecule has 2 atom stereocenters. The molecule has 0 aromatic carbocycles. The first-order valence-electron chi connectivity index (χ1n) is 5.23. The summed E-state index contributed by atoms with van der Waals surface area (Å²) in [7, 11) is 0. The van der Waals surface area contributed by atoms with Crippen molar-refractivity contribution < 1.29 is 14.6 Å². The lowest BCUT2D eigenvalue weighted by atomic mass is 10.0. The van der Waals surface area contributed by atoms with Gasteiger partial charge in [0.05, 0.1) is 6.04 Å². The number of aliphatic hydroxyl groups is 1. The van der Waals surface area contributed by atoms with Crippen LogP contribution in [-0.4, -0.2) is 41.4 Å². The molecule has 1 N–H and O–H groups in total. The molecule has 1 aliphatic rings. The number of nitrogens with zero attached hydrogens (tertiary/aromatic N) is 1. The molecular formula is C10H19NO3. The van der Waals surface area contributed by atoms with Gasteiger partial charge < -0.3 is 14.7 Å². The fourth-order valence-electron chi connectivity index (χ4n) is 1.93. The van der Waals surface area contributed by atoms with Crippen LogP contribution in [0.1, 0.15) is 33.1 Å². The minimum atomic E-state index is -0.829. The molecule has 14 heavy (non-hydrogen) atoms. The van der Waals surface area contributed by atoms with Gasteiger partial charge in [-0.05, 0) is 26.2 Å². The summed E-state index contributed by atoms with van der Waals surface area (Å²) in [5.41, 5.74) is 0. The van der Waals surface area contributed by atoms with Crippen LogP contribution >= 0.6 is 0 Å². The Kier molecular flexibility index (Phi) is 4.35. The van der Waals surface area contributed by atoms with E-state index in [9.17, 15) is 9.90 Å². The van der Waals surface area contributed by atoms with Crippen molar-refractivity contribution >= 4 is 5.91 Å². The van der Waals surface area contributed by atoms with Gasteiger partial charge in [0.15, 0.2) is 6.29 Å². The second-order valence-electron chi connectivity index (χ2n) is 3.62. The highest BCUT2D eigenvalue weighted by Gasteiger charge is 2.30. The maximum atomic E-state index is 11.3. The highest BCUT2D eigenvalue weighted by molar-refractivity contribution is 5.73. The predicted molar refractivity (Wildman–Crippen MR) is 52.7 cm³/mol. The normalized spacial score (nSPS) is 24.8. The van der Waals surface area contributed by atoms with Crippen molar-refractivity contribution in [2.45, 2.75) is 45.4 Å². The quantitative estimate of drug-likeness (QED) is 0.685. The maximum Gasteiger partial charge on any atom is 0.219 e. The van der Waals surface area contributed by atoms with Gasteiger partial charge in [-0.25, -0.2) is 0 Å². The number of ether oxygens (including phenoxy) is 1. The van der Waals surface area contributed by atoms with E-state index < -0.39 is 6.29 Å². The molecular weight excluding hydrogens is 182 g/mol. The van der Waals surface area contributed by atoms with E-state index in [2.05, 4.69) is 0 Å². The van der Waals surface area contributed by atoms with Crippen LogP contribution in [0.3, 0.4) is 0 Å². The fraction of sp³-hybridized carbons (Fsp3) is 0.900. The SMILES string of the molecule is CCOC(O)C1CCCCN1C(C)=O. The molecule has 1 heterocycles. The van der Waals surface area contributed by atoms with Gasteiger partial charge in [0.1, 0.15) is 0 Å². The molecule has 0 saturated carbocycles. The predicted octanol–water partition coefficient (Wildman–Crippen LogP) is 0.742. The van der Waals surface area contributed by atoms with Gasteiger partial charge in [0.25, 0.3) is 0 Å². The lowest BCUT2D eigenvalue weighted by molar-refractivity contribution is -0.163. The van der Waals surface area contributed by atoms with Crippen LogP contribution in [-0.2, 0) is 9.53 Å². The van der Waals surface area contributed by atoms with Crippen LogP contribution in [0, 0.1) is 0 Å². The van der Waals surface area contributed by atoms with Crippen molar-refractivity contribution in [2.24, 2.45) is 0 Å². The molecule has 0 aliphatic carbocycles. The summed E-state index contributed by atoms with van der Waals surface area (Å²) in [5, 5.41) is 9.68. The van der Waals surface area contributed by atoms with Crippen LogP contribution < -0.4 is 0 Å². The topological polar surface area (TPSA) is 49.8 Å². The monoisotopic (exact) mass is 201 g/mol. The minimum absolute atomic E-state index is 0.0217. The standard InChI is InChI=1S/C10H19NO3/c1-3-14-10(13)9-6-4-5-7-11(9)8(2)12/h9-10,13H,3-7H2,1-2H3. The van der Waals surface area contributed by atoms with Gasteiger partial charge in [-0.3, -0.25) is 4.79 Å². The van der Waals surface area contributed by atoms with Crippen molar-refractivity contribution in [3.63, 3.8) is 0 Å². The number of hydrogen-bond donors (Lipinski definition) is 1. The van der Waals surface area contributed by atoms with Crippen LogP contribution in [0.2, 0.25) is 0 Å². The number of aliphatic hydroxyl groups excluding tert-OH is 1. The molecule has 82 valence electrons. The molecule has 1 rings (SSSR count). The average Bonchev–Trinajstić information content (AvgIpc) is 2.18. The maximum absolute atomic E-state index is 11.3. The largest absolute Gasteiger partial charge is 0.366 e. The Hall–Kier alpha value is -0.610. The number of hydrogen-bond acceptors (Lipinski definition) is 3. The Balaban J connectivity index is 2.57. The third-order valence-electron chi connectivity index (χ3n) is 2.62. The summed E-state index contributed by atoms with van der Waals surface area (Å²) in [5.74, 6) is 0.0217. The molecule has 0 bridgehead atoms. The van der Waals surface area contributed by atoms with Crippen molar-refractivity contribution in [1.82, 2.24) is 4.90 Å². The highest BCUT2D eigenvalue weighted by atomic mass is 16.6. The third-order valence-corrected chi connectivity index (χ3v) is 2.62. The van der Waals surface area contributed by atoms with Crippen LogP contribution in [0.15, 0.2) is 0 Å². The summed E-state index contributed by atoms with van der Waals surface area (Å²) in [6.45, 7) is 4.59. The molecule has 4 nitrogen and oxygen atoms in total. The first kappa shape index (κ1) is 11.5. The average molecular weight is 201 g/mol. The summed E-state index contributed by atoms with van der Waals surface area (Å²) < 4.78 is 5.12. The fourth-order valence-corrected chi connectivity index (χ4v) is 1.93. The smallest absolute Gasteiger partial charge is 0.219 e. The number of amides is 1.